The number of halogens is 1. The molecule has 2 aromatic heterocycles. The molecule has 2 atom stereocenters. The van der Waals surface area contributed by atoms with Gasteiger partial charge < -0.3 is 9.32 Å². The second kappa shape index (κ2) is 6.23. The van der Waals surface area contributed by atoms with Gasteiger partial charge in [-0.25, -0.2) is 0 Å². The van der Waals surface area contributed by atoms with Gasteiger partial charge in [-0.1, -0.05) is 22.0 Å². The Kier molecular flexibility index (Phi) is 4.09. The molecule has 1 amide bonds. The van der Waals surface area contributed by atoms with Crippen LogP contribution in [-0.2, 0) is 17.9 Å². The molecular weight excluding hydrogens is 410 g/mol. The molecule has 138 valence electrons. The number of rotatable bonds is 5. The maximum atomic E-state index is 13.9. The van der Waals surface area contributed by atoms with E-state index in [4.69, 9.17) is 4.42 Å². The van der Waals surface area contributed by atoms with E-state index < -0.39 is 0 Å². The van der Waals surface area contributed by atoms with Crippen LogP contribution in [0.3, 0.4) is 0 Å². The van der Waals surface area contributed by atoms with Crippen LogP contribution in [0, 0.1) is 17.3 Å². The minimum Gasteiger partial charge on any atom is -0.467 e. The van der Waals surface area contributed by atoms with E-state index in [0.717, 1.165) is 25.0 Å². The predicted molar refractivity (Wildman–Crippen MR) is 106 cm³/mol. The average Bonchev–Trinajstić information content (AvgIpc) is 3.25. The molecule has 0 N–H and O–H groups in total. The molecule has 26 heavy (non-hydrogen) atoms. The summed E-state index contributed by atoms with van der Waals surface area (Å²) in [6, 6.07) is 8.06. The fraction of sp³-hybridized carbons (Fsp3) is 0.571. The summed E-state index contributed by atoms with van der Waals surface area (Å²) >= 11 is 5.77. The van der Waals surface area contributed by atoms with Crippen LogP contribution in [0.25, 0.3) is 0 Å². The molecule has 0 aromatic carbocycles. The number of furan rings is 1. The van der Waals surface area contributed by atoms with Gasteiger partial charge in [-0.2, -0.15) is 0 Å². The summed E-state index contributed by atoms with van der Waals surface area (Å²) in [5.74, 6) is 2.65. The van der Waals surface area contributed by atoms with E-state index in [1.807, 2.05) is 17.0 Å². The van der Waals surface area contributed by atoms with Gasteiger partial charge in [0.05, 0.1) is 24.8 Å². The molecule has 4 aliphatic rings. The number of hydrogen-bond donors (Lipinski definition) is 0. The smallest absolute Gasteiger partial charge is 0.229 e. The van der Waals surface area contributed by atoms with Gasteiger partial charge in [0.15, 0.2) is 0 Å². The van der Waals surface area contributed by atoms with Gasteiger partial charge in [-0.15, -0.1) is 11.3 Å². The number of carbonyl (C=O) groups is 1. The first kappa shape index (κ1) is 17.1. The van der Waals surface area contributed by atoms with Crippen molar-refractivity contribution in [3.05, 3.63) is 46.5 Å². The van der Waals surface area contributed by atoms with Crippen molar-refractivity contribution >= 4 is 33.2 Å². The Hall–Kier alpha value is -1.07. The van der Waals surface area contributed by atoms with Gasteiger partial charge >= 0.3 is 0 Å². The van der Waals surface area contributed by atoms with Crippen molar-refractivity contribution < 1.29 is 9.21 Å². The third-order valence-electron chi connectivity index (χ3n) is 6.58. The van der Waals surface area contributed by atoms with Crippen molar-refractivity contribution in [2.75, 3.05) is 0 Å². The van der Waals surface area contributed by atoms with E-state index in [1.165, 1.54) is 24.1 Å². The van der Waals surface area contributed by atoms with Gasteiger partial charge in [0.25, 0.3) is 0 Å². The van der Waals surface area contributed by atoms with Crippen LogP contribution < -0.4 is 0 Å². The fourth-order valence-corrected chi connectivity index (χ4v) is 8.29. The summed E-state index contributed by atoms with van der Waals surface area (Å²) in [6.45, 7) is 1.25. The standard InChI is InChI=1S/C21H24BrNO2S/c22-21-10-15-7-16(11-21)9-20(8-15,14-21)19(24)23(12-17-3-1-5-25-17)13-18-4-2-6-26-18/h1-6,15-16H,7-14H2. The third kappa shape index (κ3) is 2.97. The SMILES string of the molecule is O=C(N(Cc1ccco1)Cc1cccs1)C12CC3CC(CC(Br)(C3)C1)C2. The van der Waals surface area contributed by atoms with Gasteiger partial charge in [0.2, 0.25) is 5.91 Å². The summed E-state index contributed by atoms with van der Waals surface area (Å²) in [5.41, 5.74) is -0.169. The monoisotopic (exact) mass is 433 g/mol. The van der Waals surface area contributed by atoms with Crippen molar-refractivity contribution in [3.8, 4) is 0 Å². The molecule has 2 aromatic rings. The lowest BCUT2D eigenvalue weighted by atomic mass is 9.49. The summed E-state index contributed by atoms with van der Waals surface area (Å²) in [4.78, 5) is 17.1. The van der Waals surface area contributed by atoms with Crippen LogP contribution in [-0.4, -0.2) is 15.1 Å². The first-order valence-electron chi connectivity index (χ1n) is 9.57. The van der Waals surface area contributed by atoms with Gasteiger partial charge in [0, 0.05) is 9.20 Å². The molecule has 4 fully saturated rings. The second-order valence-electron chi connectivity index (χ2n) is 8.71. The maximum Gasteiger partial charge on any atom is 0.229 e. The average molecular weight is 434 g/mol. The summed E-state index contributed by atoms with van der Waals surface area (Å²) in [6.07, 6.45) is 8.69. The lowest BCUT2D eigenvalue weighted by Gasteiger charge is -2.60. The van der Waals surface area contributed by atoms with E-state index >= 15 is 0 Å². The third-order valence-corrected chi connectivity index (χ3v) is 8.37. The lowest BCUT2D eigenvalue weighted by Crippen LogP contribution is -2.58. The Morgan fingerprint density at radius 2 is 2.00 bits per heavy atom. The van der Waals surface area contributed by atoms with E-state index in [-0.39, 0.29) is 9.74 Å². The highest BCUT2D eigenvalue weighted by atomic mass is 79.9. The molecule has 2 unspecified atom stereocenters. The first-order valence-corrected chi connectivity index (χ1v) is 11.2. The molecule has 0 spiro atoms. The van der Waals surface area contributed by atoms with Crippen molar-refractivity contribution in [1.82, 2.24) is 4.90 Å². The van der Waals surface area contributed by atoms with Crippen LogP contribution in [0.4, 0.5) is 0 Å². The number of nitrogens with zero attached hydrogens (tertiary/aromatic N) is 1. The van der Waals surface area contributed by atoms with Crippen LogP contribution >= 0.6 is 27.3 Å². The summed E-state index contributed by atoms with van der Waals surface area (Å²) < 4.78 is 5.77. The molecule has 2 heterocycles. The summed E-state index contributed by atoms with van der Waals surface area (Å²) in [7, 11) is 0. The number of hydrogen-bond acceptors (Lipinski definition) is 3. The highest BCUT2D eigenvalue weighted by Gasteiger charge is 2.60. The Balaban J connectivity index is 1.44. The van der Waals surface area contributed by atoms with Crippen molar-refractivity contribution in [3.63, 3.8) is 0 Å². The van der Waals surface area contributed by atoms with E-state index in [2.05, 4.69) is 33.4 Å². The molecule has 0 aliphatic heterocycles. The van der Waals surface area contributed by atoms with E-state index in [0.29, 0.717) is 30.8 Å². The Morgan fingerprint density at radius 3 is 2.62 bits per heavy atom. The van der Waals surface area contributed by atoms with Crippen LogP contribution in [0.5, 0.6) is 0 Å². The van der Waals surface area contributed by atoms with Crippen molar-refractivity contribution in [2.45, 2.75) is 55.9 Å². The van der Waals surface area contributed by atoms with Gasteiger partial charge in [-0.3, -0.25) is 4.79 Å². The molecule has 5 heteroatoms. The fourth-order valence-electron chi connectivity index (χ4n) is 6.12. The summed E-state index contributed by atoms with van der Waals surface area (Å²) in [5, 5.41) is 2.09. The van der Waals surface area contributed by atoms with Crippen molar-refractivity contribution in [2.24, 2.45) is 17.3 Å². The Morgan fingerprint density at radius 1 is 1.19 bits per heavy atom. The van der Waals surface area contributed by atoms with Crippen LogP contribution in [0.2, 0.25) is 0 Å². The van der Waals surface area contributed by atoms with Gasteiger partial charge in [-0.05, 0) is 73.9 Å². The topological polar surface area (TPSA) is 33.5 Å². The van der Waals surface area contributed by atoms with E-state index in [1.54, 1.807) is 17.6 Å². The zero-order chi connectivity index (χ0) is 17.8. The number of thiophene rings is 1. The van der Waals surface area contributed by atoms with Crippen LogP contribution in [0.15, 0.2) is 40.3 Å². The molecule has 6 rings (SSSR count). The zero-order valence-electron chi connectivity index (χ0n) is 14.8. The second-order valence-corrected chi connectivity index (χ2v) is 11.4. The highest BCUT2D eigenvalue weighted by Crippen LogP contribution is 2.64. The molecule has 3 nitrogen and oxygen atoms in total. The molecule has 0 saturated heterocycles. The van der Waals surface area contributed by atoms with E-state index in [9.17, 15) is 4.79 Å². The molecular formula is C21H24BrNO2S. The quantitative estimate of drug-likeness (QED) is 0.574. The first-order chi connectivity index (χ1) is 12.5. The molecule has 0 radical (unpaired) electrons. The predicted octanol–water partition coefficient (Wildman–Crippen LogP) is 5.60. The van der Waals surface area contributed by atoms with Crippen LogP contribution in [0.1, 0.15) is 49.2 Å². The minimum absolute atomic E-state index is 0.169. The lowest BCUT2D eigenvalue weighted by molar-refractivity contribution is -0.157. The molecule has 4 aliphatic carbocycles. The maximum absolute atomic E-state index is 13.9. The molecule has 4 saturated carbocycles. The van der Waals surface area contributed by atoms with Gasteiger partial charge in [0.1, 0.15) is 5.76 Å². The Bertz CT molecular complexity index is 735. The molecule has 4 bridgehead atoms. The minimum atomic E-state index is -0.169. The largest absolute Gasteiger partial charge is 0.467 e. The Labute approximate surface area is 166 Å². The zero-order valence-corrected chi connectivity index (χ0v) is 17.2. The normalized spacial score (nSPS) is 35.0. The highest BCUT2D eigenvalue weighted by molar-refractivity contribution is 9.10. The van der Waals surface area contributed by atoms with Crippen molar-refractivity contribution in [1.29, 1.82) is 0 Å². The number of amides is 1. The number of carbonyl (C=O) groups excluding carboxylic acids is 1. The number of alkyl halides is 1.